The van der Waals surface area contributed by atoms with E-state index in [-0.39, 0.29) is 18.2 Å². The highest BCUT2D eigenvalue weighted by Crippen LogP contribution is 2.43. The molecule has 1 unspecified atom stereocenters. The highest BCUT2D eigenvalue weighted by atomic mass is 16.7. The fourth-order valence-electron chi connectivity index (χ4n) is 3.38. The number of anilines is 1. The molecule has 0 spiro atoms. The first-order chi connectivity index (χ1) is 13.2. The molecule has 0 aromatic carbocycles. The number of nitrogens with zero attached hydrogens (tertiary/aromatic N) is 4. The highest BCUT2D eigenvalue weighted by molar-refractivity contribution is 5.65. The molecular formula is C17H21N5O6. The second kappa shape index (κ2) is 7.23. The molecule has 1 fully saturated rings. The van der Waals surface area contributed by atoms with Crippen molar-refractivity contribution in [1.29, 1.82) is 5.26 Å². The van der Waals surface area contributed by atoms with Crippen molar-refractivity contribution in [3.63, 3.8) is 0 Å². The number of hydrogen-bond acceptors (Lipinski definition) is 9. The standard InChI is InChI=1S/C17H21N5O6/c1-8(2)11(27-16(25)26)5-17(6-18)14(24)12(23)13(28-17)9-3-4-10-15(19)20-7-21-22(9)10/h3-4,7-8,11-14,23-24H,5H2,1-2H3,(H,25,26)(H2,19,20,21)/t11?,12-,13-,14-,17+/m0/s1. The van der Waals surface area contributed by atoms with E-state index in [0.29, 0.717) is 11.2 Å². The molecule has 11 heteroatoms. The van der Waals surface area contributed by atoms with Gasteiger partial charge in [-0.3, -0.25) is 0 Å². The molecule has 0 radical (unpaired) electrons. The van der Waals surface area contributed by atoms with Crippen LogP contribution in [-0.2, 0) is 9.47 Å². The van der Waals surface area contributed by atoms with Crippen LogP contribution >= 0.6 is 0 Å². The molecule has 11 nitrogen and oxygen atoms in total. The van der Waals surface area contributed by atoms with E-state index in [9.17, 15) is 20.3 Å². The van der Waals surface area contributed by atoms with Gasteiger partial charge in [-0.15, -0.1) is 0 Å². The predicted molar refractivity (Wildman–Crippen MR) is 93.9 cm³/mol. The summed E-state index contributed by atoms with van der Waals surface area (Å²) in [6.07, 6.45) is -5.57. The number of nitrogen functional groups attached to an aromatic ring is 1. The maximum atomic E-state index is 11.0. The molecule has 0 saturated carbocycles. The van der Waals surface area contributed by atoms with Crippen molar-refractivity contribution < 1.29 is 29.6 Å². The summed E-state index contributed by atoms with van der Waals surface area (Å²) in [7, 11) is 0. The molecule has 5 N–H and O–H groups in total. The van der Waals surface area contributed by atoms with Crippen LogP contribution < -0.4 is 5.73 Å². The average molecular weight is 391 g/mol. The number of carbonyl (C=O) groups is 1. The zero-order valence-corrected chi connectivity index (χ0v) is 15.3. The lowest BCUT2D eigenvalue weighted by Crippen LogP contribution is -2.46. The summed E-state index contributed by atoms with van der Waals surface area (Å²) in [6.45, 7) is 3.43. The van der Waals surface area contributed by atoms with Crippen LogP contribution in [0.15, 0.2) is 18.5 Å². The van der Waals surface area contributed by atoms with Crippen LogP contribution in [-0.4, -0.2) is 60.0 Å². The second-order valence-corrected chi connectivity index (χ2v) is 7.05. The summed E-state index contributed by atoms with van der Waals surface area (Å²) in [4.78, 5) is 14.8. The van der Waals surface area contributed by atoms with Crippen molar-refractivity contribution in [2.75, 3.05) is 5.73 Å². The molecule has 3 heterocycles. The van der Waals surface area contributed by atoms with E-state index in [2.05, 4.69) is 10.1 Å². The fourth-order valence-corrected chi connectivity index (χ4v) is 3.38. The Balaban J connectivity index is 1.96. The van der Waals surface area contributed by atoms with Crippen LogP contribution in [0.4, 0.5) is 10.6 Å². The molecule has 5 atom stereocenters. The van der Waals surface area contributed by atoms with E-state index in [1.54, 1.807) is 26.0 Å². The van der Waals surface area contributed by atoms with E-state index < -0.39 is 36.2 Å². The van der Waals surface area contributed by atoms with Gasteiger partial charge in [-0.2, -0.15) is 10.4 Å². The Kier molecular flexibility index (Phi) is 5.12. The van der Waals surface area contributed by atoms with Gasteiger partial charge >= 0.3 is 6.16 Å². The number of carboxylic acid groups (broad SMARTS) is 1. The van der Waals surface area contributed by atoms with Gasteiger partial charge in [0.15, 0.2) is 11.4 Å². The molecule has 150 valence electrons. The molecule has 2 aromatic rings. The predicted octanol–water partition coefficient (Wildman–Crippen LogP) is 0.476. The van der Waals surface area contributed by atoms with Gasteiger partial charge in [0.05, 0.1) is 5.69 Å². The minimum absolute atomic E-state index is 0.218. The summed E-state index contributed by atoms with van der Waals surface area (Å²) >= 11 is 0. The molecule has 28 heavy (non-hydrogen) atoms. The Morgan fingerprint density at radius 1 is 1.50 bits per heavy atom. The molecule has 1 aliphatic heterocycles. The van der Waals surface area contributed by atoms with Gasteiger partial charge < -0.3 is 30.5 Å². The Labute approximate surface area is 159 Å². The molecular weight excluding hydrogens is 370 g/mol. The van der Waals surface area contributed by atoms with Crippen LogP contribution in [0.25, 0.3) is 5.52 Å². The van der Waals surface area contributed by atoms with Crippen molar-refractivity contribution in [2.45, 2.75) is 50.3 Å². The topological polar surface area (TPSA) is 176 Å². The summed E-state index contributed by atoms with van der Waals surface area (Å²) in [5.41, 5.74) is 4.79. The summed E-state index contributed by atoms with van der Waals surface area (Å²) in [5, 5.41) is 43.9. The van der Waals surface area contributed by atoms with Crippen LogP contribution in [0.3, 0.4) is 0 Å². The molecule has 0 aliphatic carbocycles. The van der Waals surface area contributed by atoms with E-state index in [1.165, 1.54) is 10.8 Å². The van der Waals surface area contributed by atoms with Crippen molar-refractivity contribution in [2.24, 2.45) is 5.92 Å². The van der Waals surface area contributed by atoms with E-state index >= 15 is 0 Å². The summed E-state index contributed by atoms with van der Waals surface area (Å²) in [6, 6.07) is 5.12. The normalized spacial score (nSPS) is 28.4. The van der Waals surface area contributed by atoms with E-state index in [0.717, 1.165) is 0 Å². The number of aliphatic hydroxyl groups excluding tert-OH is 2. The average Bonchev–Trinajstić information content (AvgIpc) is 3.17. The lowest BCUT2D eigenvalue weighted by molar-refractivity contribution is -0.0828. The van der Waals surface area contributed by atoms with Crippen LogP contribution in [0.2, 0.25) is 0 Å². The number of aromatic nitrogens is 3. The van der Waals surface area contributed by atoms with Gasteiger partial charge in [-0.25, -0.2) is 14.3 Å². The minimum Gasteiger partial charge on any atom is -0.450 e. The third-order valence-corrected chi connectivity index (χ3v) is 4.94. The van der Waals surface area contributed by atoms with Crippen molar-refractivity contribution >= 4 is 17.5 Å². The number of aliphatic hydroxyl groups is 2. The van der Waals surface area contributed by atoms with Gasteiger partial charge in [-0.05, 0) is 18.1 Å². The van der Waals surface area contributed by atoms with E-state index in [1.807, 2.05) is 6.07 Å². The first-order valence-corrected chi connectivity index (χ1v) is 8.63. The summed E-state index contributed by atoms with van der Waals surface area (Å²) < 4.78 is 12.1. The Morgan fingerprint density at radius 2 is 2.21 bits per heavy atom. The number of nitrogens with two attached hydrogens (primary N) is 1. The van der Waals surface area contributed by atoms with Crippen molar-refractivity contribution in [3.8, 4) is 6.07 Å². The van der Waals surface area contributed by atoms with Gasteiger partial charge in [0.2, 0.25) is 0 Å². The number of ether oxygens (including phenoxy) is 2. The molecule has 1 aliphatic rings. The first kappa shape index (κ1) is 19.8. The fraction of sp³-hybridized carbons (Fsp3) is 0.529. The molecule has 1 saturated heterocycles. The SMILES string of the molecule is CC(C)C(C[C@]1(C#N)O[C@@H](c2ccc3c(N)ncnn23)[C@H](O)[C@@H]1O)OC(=O)O. The zero-order valence-electron chi connectivity index (χ0n) is 15.3. The number of rotatable bonds is 5. The van der Waals surface area contributed by atoms with Crippen LogP contribution in [0, 0.1) is 17.2 Å². The second-order valence-electron chi connectivity index (χ2n) is 7.05. The maximum Gasteiger partial charge on any atom is 0.506 e. The van der Waals surface area contributed by atoms with Crippen molar-refractivity contribution in [1.82, 2.24) is 14.6 Å². The zero-order chi connectivity index (χ0) is 20.6. The lowest BCUT2D eigenvalue weighted by Gasteiger charge is -2.30. The Morgan fingerprint density at radius 3 is 2.82 bits per heavy atom. The van der Waals surface area contributed by atoms with Gasteiger partial charge in [0, 0.05) is 6.42 Å². The highest BCUT2D eigenvalue weighted by Gasteiger charge is 2.57. The molecule has 2 aromatic heterocycles. The smallest absolute Gasteiger partial charge is 0.450 e. The lowest BCUT2D eigenvalue weighted by atomic mass is 9.86. The quantitative estimate of drug-likeness (QED) is 0.524. The van der Waals surface area contributed by atoms with Crippen LogP contribution in [0.5, 0.6) is 0 Å². The number of fused-ring (bicyclic) bond motifs is 1. The monoisotopic (exact) mass is 391 g/mol. The Hall–Kier alpha value is -2.94. The molecule has 0 amide bonds. The van der Waals surface area contributed by atoms with Gasteiger partial charge in [0.1, 0.15) is 42.3 Å². The van der Waals surface area contributed by atoms with Crippen molar-refractivity contribution in [3.05, 3.63) is 24.2 Å². The minimum atomic E-state index is -1.86. The number of hydrogen-bond donors (Lipinski definition) is 4. The van der Waals surface area contributed by atoms with E-state index in [4.69, 9.17) is 20.3 Å². The molecule has 3 rings (SSSR count). The van der Waals surface area contributed by atoms with Crippen LogP contribution in [0.1, 0.15) is 32.1 Å². The van der Waals surface area contributed by atoms with Gasteiger partial charge in [0.25, 0.3) is 0 Å². The third-order valence-electron chi connectivity index (χ3n) is 4.94. The Bertz CT molecular complexity index is 924. The largest absolute Gasteiger partial charge is 0.506 e. The maximum absolute atomic E-state index is 11.0. The third kappa shape index (κ3) is 3.22. The first-order valence-electron chi connectivity index (χ1n) is 8.63. The number of nitriles is 1. The summed E-state index contributed by atoms with van der Waals surface area (Å²) in [5.74, 6) is -0.0643. The molecule has 0 bridgehead atoms. The van der Waals surface area contributed by atoms with Gasteiger partial charge in [-0.1, -0.05) is 13.8 Å².